The van der Waals surface area contributed by atoms with Crippen LogP contribution in [0.2, 0.25) is 0 Å². The molecule has 0 aliphatic rings. The van der Waals surface area contributed by atoms with Gasteiger partial charge < -0.3 is 5.32 Å². The van der Waals surface area contributed by atoms with Crippen LogP contribution < -0.4 is 5.32 Å². The first-order valence-corrected chi connectivity index (χ1v) is 4.82. The summed E-state index contributed by atoms with van der Waals surface area (Å²) >= 11 is 0. The van der Waals surface area contributed by atoms with E-state index < -0.39 is 0 Å². The van der Waals surface area contributed by atoms with Gasteiger partial charge in [-0.15, -0.1) is 0 Å². The lowest BCUT2D eigenvalue weighted by atomic mass is 10.1. The molecule has 1 N–H and O–H groups in total. The molecule has 0 atom stereocenters. The fraction of sp³-hybridized carbons (Fsp3) is 0.333. The van der Waals surface area contributed by atoms with Crippen LogP contribution in [0.15, 0.2) is 24.3 Å². The maximum atomic E-state index is 11.3. The topological polar surface area (TPSA) is 29.1 Å². The average molecular weight is 190 g/mol. The van der Waals surface area contributed by atoms with Gasteiger partial charge in [0.05, 0.1) is 0 Å². The van der Waals surface area contributed by atoms with Crippen molar-refractivity contribution in [3.05, 3.63) is 36.8 Å². The minimum absolute atomic E-state index is 0.0162. The molecule has 75 valence electrons. The predicted octanol–water partition coefficient (Wildman–Crippen LogP) is 2.66. The molecule has 0 saturated carbocycles. The van der Waals surface area contributed by atoms with Crippen LogP contribution in [0.1, 0.15) is 19.4 Å². The summed E-state index contributed by atoms with van der Waals surface area (Å²) in [5.74, 6) is 0.0647. The Morgan fingerprint density at radius 3 is 2.36 bits per heavy atom. The van der Waals surface area contributed by atoms with Gasteiger partial charge >= 0.3 is 0 Å². The van der Waals surface area contributed by atoms with Gasteiger partial charge in [0.15, 0.2) is 0 Å². The highest BCUT2D eigenvalue weighted by Gasteiger charge is 2.06. The molecule has 0 fully saturated rings. The molecular formula is C12H16NO. The highest BCUT2D eigenvalue weighted by Crippen LogP contribution is 2.10. The fourth-order valence-corrected chi connectivity index (χ4v) is 1.04. The molecule has 0 aliphatic heterocycles. The first-order chi connectivity index (χ1) is 6.63. The van der Waals surface area contributed by atoms with Gasteiger partial charge in [-0.25, -0.2) is 0 Å². The predicted molar refractivity (Wildman–Crippen MR) is 59.0 cm³/mol. The number of carbonyl (C=O) groups excluding carboxylic acids is 1. The van der Waals surface area contributed by atoms with Crippen molar-refractivity contribution < 1.29 is 4.79 Å². The summed E-state index contributed by atoms with van der Waals surface area (Å²) in [6.45, 7) is 7.54. The zero-order chi connectivity index (χ0) is 10.6. The first kappa shape index (κ1) is 10.8. The second-order valence-electron chi connectivity index (χ2n) is 3.59. The molecule has 1 aromatic carbocycles. The van der Waals surface area contributed by atoms with E-state index in [1.165, 1.54) is 5.56 Å². The summed E-state index contributed by atoms with van der Waals surface area (Å²) in [5, 5.41) is 2.83. The summed E-state index contributed by atoms with van der Waals surface area (Å²) in [7, 11) is 0. The van der Waals surface area contributed by atoms with Crippen molar-refractivity contribution in [2.75, 3.05) is 5.32 Å². The quantitative estimate of drug-likeness (QED) is 0.780. The summed E-state index contributed by atoms with van der Waals surface area (Å²) in [5.41, 5.74) is 2.02. The van der Waals surface area contributed by atoms with Crippen molar-refractivity contribution in [3.8, 4) is 0 Å². The zero-order valence-corrected chi connectivity index (χ0v) is 8.71. The summed E-state index contributed by atoms with van der Waals surface area (Å²) in [4.78, 5) is 11.3. The van der Waals surface area contributed by atoms with Gasteiger partial charge in [-0.2, -0.15) is 0 Å². The van der Waals surface area contributed by atoms with Crippen LogP contribution in [-0.4, -0.2) is 5.91 Å². The molecular weight excluding hydrogens is 174 g/mol. The van der Waals surface area contributed by atoms with Gasteiger partial charge in [-0.1, -0.05) is 26.0 Å². The Bertz CT molecular complexity index is 301. The molecule has 2 nitrogen and oxygen atoms in total. The number of amides is 1. The van der Waals surface area contributed by atoms with E-state index >= 15 is 0 Å². The van der Waals surface area contributed by atoms with Crippen molar-refractivity contribution in [2.24, 2.45) is 5.92 Å². The van der Waals surface area contributed by atoms with Gasteiger partial charge in [0.2, 0.25) is 5.91 Å². The lowest BCUT2D eigenvalue weighted by Crippen LogP contribution is -2.17. The number of rotatable bonds is 3. The normalized spacial score (nSPS) is 10.3. The Morgan fingerprint density at radius 2 is 1.93 bits per heavy atom. The number of nitrogens with one attached hydrogen (secondary N) is 1. The Balaban J connectivity index is 2.64. The monoisotopic (exact) mass is 190 g/mol. The number of hydrogen-bond donors (Lipinski definition) is 1. The van der Waals surface area contributed by atoms with Crippen LogP contribution >= 0.6 is 0 Å². The highest BCUT2D eigenvalue weighted by molar-refractivity contribution is 5.91. The van der Waals surface area contributed by atoms with Crippen LogP contribution in [0.25, 0.3) is 0 Å². The molecule has 0 spiro atoms. The minimum Gasteiger partial charge on any atom is -0.326 e. The molecule has 14 heavy (non-hydrogen) atoms. The summed E-state index contributed by atoms with van der Waals surface area (Å²) < 4.78 is 0. The largest absolute Gasteiger partial charge is 0.326 e. The molecule has 1 amide bonds. The molecule has 1 rings (SSSR count). The van der Waals surface area contributed by atoms with Crippen LogP contribution in [0, 0.1) is 12.8 Å². The third kappa shape index (κ3) is 2.87. The van der Waals surface area contributed by atoms with E-state index in [9.17, 15) is 4.79 Å². The molecule has 0 bridgehead atoms. The zero-order valence-electron chi connectivity index (χ0n) is 8.71. The third-order valence-corrected chi connectivity index (χ3v) is 2.03. The van der Waals surface area contributed by atoms with E-state index in [1.54, 1.807) is 0 Å². The lowest BCUT2D eigenvalue weighted by molar-refractivity contribution is -0.118. The van der Waals surface area contributed by atoms with E-state index in [1.807, 2.05) is 38.1 Å². The van der Waals surface area contributed by atoms with Crippen LogP contribution in [0.3, 0.4) is 0 Å². The van der Waals surface area contributed by atoms with Crippen molar-refractivity contribution in [2.45, 2.75) is 20.3 Å². The van der Waals surface area contributed by atoms with E-state index in [4.69, 9.17) is 0 Å². The van der Waals surface area contributed by atoms with E-state index in [2.05, 4.69) is 12.2 Å². The van der Waals surface area contributed by atoms with E-state index in [0.29, 0.717) is 0 Å². The molecule has 0 saturated heterocycles. The molecule has 1 radical (unpaired) electrons. The maximum Gasteiger partial charge on any atom is 0.226 e. The van der Waals surface area contributed by atoms with E-state index in [-0.39, 0.29) is 11.8 Å². The summed E-state index contributed by atoms with van der Waals surface area (Å²) in [6, 6.07) is 7.76. The third-order valence-electron chi connectivity index (χ3n) is 2.03. The van der Waals surface area contributed by atoms with Crippen molar-refractivity contribution in [1.29, 1.82) is 0 Å². The average Bonchev–Trinajstić information content (AvgIpc) is 2.19. The summed E-state index contributed by atoms with van der Waals surface area (Å²) in [6.07, 6.45) is 0.776. The molecule has 2 heteroatoms. The molecule has 0 unspecified atom stereocenters. The smallest absolute Gasteiger partial charge is 0.226 e. The fourth-order valence-electron chi connectivity index (χ4n) is 1.04. The Morgan fingerprint density at radius 1 is 1.36 bits per heavy atom. The van der Waals surface area contributed by atoms with Crippen molar-refractivity contribution in [3.63, 3.8) is 0 Å². The van der Waals surface area contributed by atoms with Crippen molar-refractivity contribution >= 4 is 11.6 Å². The number of benzene rings is 1. The Labute approximate surface area is 85.3 Å². The SMILES string of the molecule is [CH2]Cc1ccc(NC(=O)C(C)C)cc1. The highest BCUT2D eigenvalue weighted by atomic mass is 16.1. The minimum atomic E-state index is 0.0162. The number of carbonyl (C=O) groups is 1. The molecule has 0 aliphatic carbocycles. The van der Waals surface area contributed by atoms with Crippen LogP contribution in [0.5, 0.6) is 0 Å². The van der Waals surface area contributed by atoms with Gasteiger partial charge in [-0.3, -0.25) is 4.79 Å². The number of anilines is 1. The van der Waals surface area contributed by atoms with E-state index in [0.717, 1.165) is 12.1 Å². The Hall–Kier alpha value is -1.31. The molecule has 1 aromatic rings. The second kappa shape index (κ2) is 4.80. The van der Waals surface area contributed by atoms with Crippen molar-refractivity contribution in [1.82, 2.24) is 0 Å². The van der Waals surface area contributed by atoms with Crippen LogP contribution in [-0.2, 0) is 11.2 Å². The van der Waals surface area contributed by atoms with Gasteiger partial charge in [-0.05, 0) is 31.0 Å². The van der Waals surface area contributed by atoms with Gasteiger partial charge in [0, 0.05) is 11.6 Å². The standard InChI is InChI=1S/C12H16NO/c1-4-10-5-7-11(8-6-10)13-12(14)9(2)3/h5-9H,1,4H2,2-3H3,(H,13,14). The van der Waals surface area contributed by atoms with Crippen LogP contribution in [0.4, 0.5) is 5.69 Å². The Kier molecular flexibility index (Phi) is 3.69. The van der Waals surface area contributed by atoms with Gasteiger partial charge in [0.25, 0.3) is 0 Å². The lowest BCUT2D eigenvalue weighted by Gasteiger charge is -2.07. The molecule has 0 heterocycles. The molecule has 0 aromatic heterocycles. The maximum absolute atomic E-state index is 11.3. The second-order valence-corrected chi connectivity index (χ2v) is 3.59. The first-order valence-electron chi connectivity index (χ1n) is 4.82. The number of hydrogen-bond acceptors (Lipinski definition) is 1. The van der Waals surface area contributed by atoms with Gasteiger partial charge in [0.1, 0.15) is 0 Å².